The van der Waals surface area contributed by atoms with E-state index in [0.29, 0.717) is 6.42 Å². The number of hydrogen-bond donors (Lipinski definition) is 2. The lowest BCUT2D eigenvalue weighted by Gasteiger charge is -2.25. The summed E-state index contributed by atoms with van der Waals surface area (Å²) in [7, 11) is 3.06. The van der Waals surface area contributed by atoms with Crippen molar-refractivity contribution in [3.05, 3.63) is 0 Å². The first kappa shape index (κ1) is 10.8. The Kier molecular flexibility index (Phi) is 4.60. The molecule has 0 aliphatic carbocycles. The van der Waals surface area contributed by atoms with E-state index in [4.69, 9.17) is 15.2 Å². The molecule has 0 spiro atoms. The van der Waals surface area contributed by atoms with Gasteiger partial charge in [0.2, 0.25) is 0 Å². The van der Waals surface area contributed by atoms with Gasteiger partial charge in [0, 0.05) is 27.2 Å². The highest BCUT2D eigenvalue weighted by Gasteiger charge is 2.23. The van der Waals surface area contributed by atoms with Crippen molar-refractivity contribution >= 4 is 0 Å². The zero-order valence-corrected chi connectivity index (χ0v) is 7.33. The van der Waals surface area contributed by atoms with Gasteiger partial charge in [0.05, 0.1) is 5.60 Å². The summed E-state index contributed by atoms with van der Waals surface area (Å²) >= 11 is 0. The Hall–Kier alpha value is -0.160. The highest BCUT2D eigenvalue weighted by atomic mass is 16.7. The fourth-order valence-corrected chi connectivity index (χ4v) is 0.705. The third kappa shape index (κ3) is 4.31. The molecule has 3 N–H and O–H groups in total. The summed E-state index contributed by atoms with van der Waals surface area (Å²) in [6, 6.07) is 0. The van der Waals surface area contributed by atoms with Gasteiger partial charge >= 0.3 is 0 Å². The van der Waals surface area contributed by atoms with Gasteiger partial charge in [-0.1, -0.05) is 0 Å². The van der Waals surface area contributed by atoms with Crippen LogP contribution in [0.2, 0.25) is 0 Å². The second-order valence-electron chi connectivity index (χ2n) is 2.81. The van der Waals surface area contributed by atoms with Crippen molar-refractivity contribution in [2.75, 3.05) is 20.8 Å². The van der Waals surface area contributed by atoms with E-state index in [9.17, 15) is 5.11 Å². The third-order valence-corrected chi connectivity index (χ3v) is 1.57. The van der Waals surface area contributed by atoms with Gasteiger partial charge in [0.1, 0.15) is 0 Å². The standard InChI is InChI=1S/C7H17NO3/c1-7(9,5-8)4-6(10-2)11-3/h6,9H,4-5,8H2,1-3H3. The van der Waals surface area contributed by atoms with E-state index < -0.39 is 5.60 Å². The molecule has 0 fully saturated rings. The van der Waals surface area contributed by atoms with Crippen LogP contribution in [0.4, 0.5) is 0 Å². The molecule has 0 rings (SSSR count). The van der Waals surface area contributed by atoms with Crippen molar-refractivity contribution in [2.45, 2.75) is 25.2 Å². The second-order valence-corrected chi connectivity index (χ2v) is 2.81. The van der Waals surface area contributed by atoms with Crippen LogP contribution in [0, 0.1) is 0 Å². The van der Waals surface area contributed by atoms with Crippen LogP contribution in [0.1, 0.15) is 13.3 Å². The fraction of sp³-hybridized carbons (Fsp3) is 1.00. The normalized spacial score (nSPS) is 16.9. The zero-order chi connectivity index (χ0) is 8.91. The van der Waals surface area contributed by atoms with E-state index in [0.717, 1.165) is 0 Å². The number of rotatable bonds is 5. The van der Waals surface area contributed by atoms with Crippen LogP contribution in [-0.4, -0.2) is 37.8 Å². The lowest BCUT2D eigenvalue weighted by atomic mass is 10.0. The lowest BCUT2D eigenvalue weighted by Crippen LogP contribution is -2.38. The Labute approximate surface area is 67.3 Å². The molecule has 0 aliphatic heterocycles. The smallest absolute Gasteiger partial charge is 0.159 e. The van der Waals surface area contributed by atoms with Crippen molar-refractivity contribution < 1.29 is 14.6 Å². The maximum atomic E-state index is 9.47. The average Bonchev–Trinajstić information content (AvgIpc) is 2.00. The summed E-state index contributed by atoms with van der Waals surface area (Å²) in [6.45, 7) is 1.86. The number of nitrogens with two attached hydrogens (primary N) is 1. The van der Waals surface area contributed by atoms with E-state index in [1.165, 1.54) is 14.2 Å². The van der Waals surface area contributed by atoms with E-state index in [1.807, 2.05) is 0 Å². The van der Waals surface area contributed by atoms with Crippen LogP contribution >= 0.6 is 0 Å². The Balaban J connectivity index is 3.79. The molecule has 0 aromatic carbocycles. The van der Waals surface area contributed by atoms with Crippen LogP contribution in [0.5, 0.6) is 0 Å². The maximum absolute atomic E-state index is 9.47. The molecule has 4 heteroatoms. The second kappa shape index (κ2) is 4.66. The largest absolute Gasteiger partial charge is 0.389 e. The SMILES string of the molecule is COC(CC(C)(O)CN)OC. The summed E-state index contributed by atoms with van der Waals surface area (Å²) in [4.78, 5) is 0. The molecule has 1 unspecified atom stereocenters. The highest BCUT2D eigenvalue weighted by molar-refractivity contribution is 4.74. The fourth-order valence-electron chi connectivity index (χ4n) is 0.705. The summed E-state index contributed by atoms with van der Waals surface area (Å²) in [6.07, 6.45) is 0.00444. The van der Waals surface area contributed by atoms with Crippen molar-refractivity contribution in [3.63, 3.8) is 0 Å². The molecule has 0 aliphatic rings. The van der Waals surface area contributed by atoms with Crippen molar-refractivity contribution in [1.29, 1.82) is 0 Å². The van der Waals surface area contributed by atoms with Crippen molar-refractivity contribution in [3.8, 4) is 0 Å². The monoisotopic (exact) mass is 163 g/mol. The molecule has 11 heavy (non-hydrogen) atoms. The molecule has 68 valence electrons. The summed E-state index contributed by atoms with van der Waals surface area (Å²) in [5, 5.41) is 9.47. The van der Waals surface area contributed by atoms with Crippen molar-refractivity contribution in [1.82, 2.24) is 0 Å². The zero-order valence-electron chi connectivity index (χ0n) is 7.33. The van der Waals surface area contributed by atoms with Crippen LogP contribution in [-0.2, 0) is 9.47 Å². The molecule has 1 atom stereocenters. The van der Waals surface area contributed by atoms with Gasteiger partial charge in [-0.05, 0) is 6.92 Å². The third-order valence-electron chi connectivity index (χ3n) is 1.57. The van der Waals surface area contributed by atoms with Gasteiger partial charge in [-0.15, -0.1) is 0 Å². The lowest BCUT2D eigenvalue weighted by molar-refractivity contribution is -0.138. The number of aliphatic hydroxyl groups is 1. The Morgan fingerprint density at radius 3 is 2.18 bits per heavy atom. The first-order valence-corrected chi connectivity index (χ1v) is 3.54. The van der Waals surface area contributed by atoms with E-state index in [2.05, 4.69) is 0 Å². The summed E-state index contributed by atoms with van der Waals surface area (Å²) < 4.78 is 9.80. The molecule has 0 amide bonds. The van der Waals surface area contributed by atoms with Crippen LogP contribution < -0.4 is 5.73 Å². The van der Waals surface area contributed by atoms with Gasteiger partial charge in [-0.3, -0.25) is 0 Å². The minimum Gasteiger partial charge on any atom is -0.389 e. The van der Waals surface area contributed by atoms with Gasteiger partial charge in [-0.2, -0.15) is 0 Å². The molecule has 0 radical (unpaired) electrons. The summed E-state index contributed by atoms with van der Waals surface area (Å²) in [5.74, 6) is 0. The van der Waals surface area contributed by atoms with E-state index in [1.54, 1.807) is 6.92 Å². The minimum absolute atomic E-state index is 0.205. The van der Waals surface area contributed by atoms with Crippen LogP contribution in [0.15, 0.2) is 0 Å². The van der Waals surface area contributed by atoms with Gasteiger partial charge < -0.3 is 20.3 Å². The number of ether oxygens (including phenoxy) is 2. The van der Waals surface area contributed by atoms with E-state index >= 15 is 0 Å². The Bertz CT molecular complexity index is 102. The van der Waals surface area contributed by atoms with Crippen LogP contribution in [0.25, 0.3) is 0 Å². The number of methoxy groups -OCH3 is 2. The van der Waals surface area contributed by atoms with Crippen molar-refractivity contribution in [2.24, 2.45) is 5.73 Å². The quantitative estimate of drug-likeness (QED) is 0.546. The average molecular weight is 163 g/mol. The molecule has 0 bridgehead atoms. The molecular formula is C7H17NO3. The molecule has 0 aromatic rings. The molecule has 4 nitrogen and oxygen atoms in total. The van der Waals surface area contributed by atoms with Crippen LogP contribution in [0.3, 0.4) is 0 Å². The predicted molar refractivity (Wildman–Crippen MR) is 42.1 cm³/mol. The first-order valence-electron chi connectivity index (χ1n) is 3.54. The molecule has 0 saturated heterocycles. The maximum Gasteiger partial charge on any atom is 0.159 e. The van der Waals surface area contributed by atoms with Gasteiger partial charge in [-0.25, -0.2) is 0 Å². The van der Waals surface area contributed by atoms with E-state index in [-0.39, 0.29) is 12.8 Å². The predicted octanol–water partition coefficient (Wildman–Crippen LogP) is -0.295. The Morgan fingerprint density at radius 1 is 1.45 bits per heavy atom. The van der Waals surface area contributed by atoms with Gasteiger partial charge in [0.15, 0.2) is 6.29 Å². The molecular weight excluding hydrogens is 146 g/mol. The first-order chi connectivity index (χ1) is 5.05. The topological polar surface area (TPSA) is 64.7 Å². The molecule has 0 heterocycles. The Morgan fingerprint density at radius 2 is 1.91 bits per heavy atom. The minimum atomic E-state index is -0.906. The summed E-state index contributed by atoms with van der Waals surface area (Å²) in [5.41, 5.74) is 4.40. The highest BCUT2D eigenvalue weighted by Crippen LogP contribution is 2.12. The molecule has 0 aromatic heterocycles. The number of hydrogen-bond acceptors (Lipinski definition) is 4. The van der Waals surface area contributed by atoms with Gasteiger partial charge in [0.25, 0.3) is 0 Å². The molecule has 0 saturated carbocycles.